The summed E-state index contributed by atoms with van der Waals surface area (Å²) >= 11 is 0.0749. The van der Waals surface area contributed by atoms with Crippen molar-refractivity contribution in [1.29, 1.82) is 10.5 Å². The molecule has 0 radical (unpaired) electrons. The third-order valence-corrected chi connectivity index (χ3v) is 4.37. The Kier molecular flexibility index (Phi) is 5.17. The Labute approximate surface area is 61.2 Å². The summed E-state index contributed by atoms with van der Waals surface area (Å²) in [6.45, 7) is 1.95. The van der Waals surface area contributed by atoms with E-state index in [1.807, 2.05) is 6.92 Å². The van der Waals surface area contributed by atoms with Gasteiger partial charge in [-0.05, 0) is 0 Å². The van der Waals surface area contributed by atoms with Crippen molar-refractivity contribution < 1.29 is 0 Å². The second-order valence-electron chi connectivity index (χ2n) is 0.986. The molecule has 0 spiro atoms. The molecule has 0 aromatic heterocycles. The fourth-order valence-corrected chi connectivity index (χ4v) is 2.36. The van der Waals surface area contributed by atoms with Crippen LogP contribution in [0.15, 0.2) is 0 Å². The van der Waals surface area contributed by atoms with Crippen molar-refractivity contribution >= 4 is 29.9 Å². The first kappa shape index (κ1) is 8.02. The SMILES string of the molecule is CC([Se]C#N)[Se]C#N. The van der Waals surface area contributed by atoms with Gasteiger partial charge in [-0.25, -0.2) is 0 Å². The van der Waals surface area contributed by atoms with Crippen LogP contribution in [-0.4, -0.2) is 29.9 Å². The molecule has 0 rings (SSSR count). The van der Waals surface area contributed by atoms with E-state index in [1.54, 1.807) is 0 Å². The Balaban J connectivity index is 3.25. The fourth-order valence-electron chi connectivity index (χ4n) is 0.172. The predicted molar refractivity (Wildman–Crippen MR) is 32.2 cm³/mol. The van der Waals surface area contributed by atoms with Gasteiger partial charge in [0.05, 0.1) is 0 Å². The summed E-state index contributed by atoms with van der Waals surface area (Å²) in [5, 5.41) is 16.3. The average molecular weight is 238 g/mol. The van der Waals surface area contributed by atoms with Crippen LogP contribution in [0.2, 0.25) is 3.71 Å². The first-order chi connectivity index (χ1) is 3.81. The Bertz CT molecular complexity index is 116. The van der Waals surface area contributed by atoms with Crippen LogP contribution in [0.4, 0.5) is 0 Å². The second kappa shape index (κ2) is 5.16. The van der Waals surface area contributed by atoms with E-state index in [0.29, 0.717) is 3.71 Å². The zero-order chi connectivity index (χ0) is 6.41. The average Bonchev–Trinajstić information content (AvgIpc) is 1.68. The topological polar surface area (TPSA) is 47.6 Å². The van der Waals surface area contributed by atoms with Crippen LogP contribution >= 0.6 is 0 Å². The number of nitriles is 2. The molecular formula is C4H4N2Se2. The summed E-state index contributed by atoms with van der Waals surface area (Å²) in [6.07, 6.45) is 0. The summed E-state index contributed by atoms with van der Waals surface area (Å²) in [7, 11) is 0. The van der Waals surface area contributed by atoms with Gasteiger partial charge in [-0.3, -0.25) is 0 Å². The third-order valence-electron chi connectivity index (χ3n) is 0.437. The van der Waals surface area contributed by atoms with E-state index in [-0.39, 0.29) is 29.9 Å². The Morgan fingerprint density at radius 3 is 1.88 bits per heavy atom. The van der Waals surface area contributed by atoms with E-state index in [9.17, 15) is 0 Å². The van der Waals surface area contributed by atoms with Gasteiger partial charge in [-0.1, -0.05) is 0 Å². The molecule has 0 fully saturated rings. The quantitative estimate of drug-likeness (QED) is 0.641. The molecule has 8 heavy (non-hydrogen) atoms. The zero-order valence-electron chi connectivity index (χ0n) is 4.29. The normalized spacial score (nSPS) is 8.00. The maximum atomic E-state index is 8.14. The van der Waals surface area contributed by atoms with Crippen molar-refractivity contribution in [3.8, 4) is 9.94 Å². The fraction of sp³-hybridized carbons (Fsp3) is 0.500. The van der Waals surface area contributed by atoms with E-state index in [2.05, 4.69) is 9.94 Å². The van der Waals surface area contributed by atoms with Gasteiger partial charge in [0, 0.05) is 0 Å². The van der Waals surface area contributed by atoms with Gasteiger partial charge in [-0.15, -0.1) is 0 Å². The molecule has 0 bridgehead atoms. The van der Waals surface area contributed by atoms with Gasteiger partial charge < -0.3 is 0 Å². The van der Waals surface area contributed by atoms with Crippen LogP contribution in [-0.2, 0) is 0 Å². The molecule has 0 N–H and O–H groups in total. The Morgan fingerprint density at radius 2 is 1.62 bits per heavy atom. The van der Waals surface area contributed by atoms with E-state index in [0.717, 1.165) is 0 Å². The van der Waals surface area contributed by atoms with Crippen molar-refractivity contribution in [2.75, 3.05) is 0 Å². The van der Waals surface area contributed by atoms with Crippen molar-refractivity contribution in [3.05, 3.63) is 0 Å². The van der Waals surface area contributed by atoms with E-state index in [1.165, 1.54) is 0 Å². The predicted octanol–water partition coefficient (Wildman–Crippen LogP) is 0.123. The van der Waals surface area contributed by atoms with Gasteiger partial charge in [0.15, 0.2) is 0 Å². The molecule has 0 aromatic carbocycles. The second-order valence-corrected chi connectivity index (χ2v) is 7.22. The first-order valence-corrected chi connectivity index (χ1v) is 5.60. The number of hydrogen-bond donors (Lipinski definition) is 0. The molecule has 0 aliphatic carbocycles. The van der Waals surface area contributed by atoms with E-state index < -0.39 is 0 Å². The molecule has 0 aliphatic heterocycles. The summed E-state index contributed by atoms with van der Waals surface area (Å²) in [5.74, 6) is 0. The molecule has 0 atom stereocenters. The molecule has 0 aliphatic rings. The molecule has 2 nitrogen and oxygen atoms in total. The number of hydrogen-bond acceptors (Lipinski definition) is 2. The van der Waals surface area contributed by atoms with Crippen molar-refractivity contribution in [3.63, 3.8) is 0 Å². The van der Waals surface area contributed by atoms with Crippen LogP contribution in [0.25, 0.3) is 0 Å². The first-order valence-electron chi connectivity index (χ1n) is 1.90. The minimum atomic E-state index is 0.0374. The molecule has 0 aromatic rings. The van der Waals surface area contributed by atoms with Crippen LogP contribution in [0, 0.1) is 20.5 Å². The molecule has 0 heterocycles. The number of nitrogens with zero attached hydrogens (tertiary/aromatic N) is 2. The number of rotatable bonds is 2. The summed E-state index contributed by atoms with van der Waals surface area (Å²) in [5.41, 5.74) is 0. The van der Waals surface area contributed by atoms with E-state index in [4.69, 9.17) is 10.5 Å². The molecule has 42 valence electrons. The monoisotopic (exact) mass is 240 g/mol. The molecule has 4 heteroatoms. The summed E-state index contributed by atoms with van der Waals surface area (Å²) in [6, 6.07) is 0. The molecule has 0 saturated heterocycles. The Hall–Kier alpha value is 0.0190. The van der Waals surface area contributed by atoms with Gasteiger partial charge in [-0.2, -0.15) is 0 Å². The van der Waals surface area contributed by atoms with Gasteiger partial charge in [0.1, 0.15) is 0 Å². The minimum absolute atomic E-state index is 0.0374. The van der Waals surface area contributed by atoms with Crippen LogP contribution < -0.4 is 0 Å². The molecule has 0 saturated carbocycles. The van der Waals surface area contributed by atoms with Crippen molar-refractivity contribution in [2.45, 2.75) is 10.6 Å². The van der Waals surface area contributed by atoms with Crippen molar-refractivity contribution in [1.82, 2.24) is 0 Å². The molecule has 0 amide bonds. The van der Waals surface area contributed by atoms with Crippen LogP contribution in [0.5, 0.6) is 0 Å². The van der Waals surface area contributed by atoms with E-state index >= 15 is 0 Å². The Morgan fingerprint density at radius 1 is 1.25 bits per heavy atom. The van der Waals surface area contributed by atoms with Crippen LogP contribution in [0.3, 0.4) is 0 Å². The standard InChI is InChI=1S/C4H4N2Se2/c1-4(7-2-5)8-3-6/h4H,1H3. The molecule has 0 unspecified atom stereocenters. The molecular weight excluding hydrogens is 234 g/mol. The maximum absolute atomic E-state index is 8.14. The van der Waals surface area contributed by atoms with Crippen LogP contribution in [0.1, 0.15) is 6.92 Å². The van der Waals surface area contributed by atoms with Crippen molar-refractivity contribution in [2.24, 2.45) is 0 Å². The summed E-state index contributed by atoms with van der Waals surface area (Å²) in [4.78, 5) is 4.16. The third kappa shape index (κ3) is 4.19. The van der Waals surface area contributed by atoms with Gasteiger partial charge in [0.25, 0.3) is 0 Å². The van der Waals surface area contributed by atoms with Gasteiger partial charge in [0.2, 0.25) is 0 Å². The zero-order valence-corrected chi connectivity index (χ0v) is 7.71. The van der Waals surface area contributed by atoms with Gasteiger partial charge >= 0.3 is 61.0 Å². The summed E-state index contributed by atoms with van der Waals surface area (Å²) < 4.78 is 0.366.